The summed E-state index contributed by atoms with van der Waals surface area (Å²) in [6, 6.07) is 16.8. The van der Waals surface area contributed by atoms with Gasteiger partial charge in [-0.25, -0.2) is 0 Å². The zero-order chi connectivity index (χ0) is 17.1. The second-order valence-corrected chi connectivity index (χ2v) is 6.97. The number of hydrogen-bond acceptors (Lipinski definition) is 3. The monoisotopic (exact) mass is 407 g/mol. The number of amides is 1. The topological polar surface area (TPSA) is 44.4 Å². The van der Waals surface area contributed by atoms with Crippen molar-refractivity contribution >= 4 is 36.4 Å². The van der Waals surface area contributed by atoms with Crippen molar-refractivity contribution in [1.82, 2.24) is 10.6 Å². The normalized spacial score (nSPS) is 18.5. The van der Waals surface area contributed by atoms with Crippen molar-refractivity contribution in [1.29, 1.82) is 0 Å². The lowest BCUT2D eigenvalue weighted by molar-refractivity contribution is 0.0940. The molecule has 27 heavy (non-hydrogen) atoms. The van der Waals surface area contributed by atoms with E-state index in [0.717, 1.165) is 51.0 Å². The minimum Gasteiger partial charge on any atom is -0.369 e. The second kappa shape index (κ2) is 9.98. The highest BCUT2D eigenvalue weighted by molar-refractivity contribution is 5.94. The molecule has 2 N–H and O–H groups in total. The Kier molecular flexibility index (Phi) is 7.96. The summed E-state index contributed by atoms with van der Waals surface area (Å²) in [6.07, 6.45) is 3.04. The third-order valence-electron chi connectivity index (χ3n) is 5.26. The van der Waals surface area contributed by atoms with Gasteiger partial charge >= 0.3 is 0 Å². The first-order chi connectivity index (χ1) is 12.3. The quantitative estimate of drug-likeness (QED) is 0.820. The number of carbonyl (C=O) groups is 1. The van der Waals surface area contributed by atoms with E-state index >= 15 is 0 Å². The Bertz CT molecular complexity index is 754. The molecule has 1 amide bonds. The molecular weight excluding hydrogens is 381 g/mol. The van der Waals surface area contributed by atoms with Crippen LogP contribution >= 0.6 is 24.8 Å². The molecule has 1 saturated heterocycles. The van der Waals surface area contributed by atoms with Crippen LogP contribution in [0.1, 0.15) is 27.9 Å². The molecule has 6 heteroatoms. The molecule has 0 aromatic heterocycles. The summed E-state index contributed by atoms with van der Waals surface area (Å²) in [5.74, 6) is 0.0555. The molecule has 0 aliphatic carbocycles. The number of hydrogen-bond donors (Lipinski definition) is 2. The summed E-state index contributed by atoms with van der Waals surface area (Å²) in [5.41, 5.74) is 4.71. The maximum Gasteiger partial charge on any atom is 0.251 e. The van der Waals surface area contributed by atoms with Crippen molar-refractivity contribution < 1.29 is 4.79 Å². The van der Waals surface area contributed by atoms with Gasteiger partial charge in [-0.2, -0.15) is 0 Å². The number of halogens is 2. The van der Waals surface area contributed by atoms with E-state index in [1.165, 1.54) is 16.8 Å². The standard InChI is InChI=1S/C21H25N3O.2ClH/c25-21(18-7-6-16-8-11-22-12-9-17(16)14-18)23-19-10-13-24(15-19)20-4-2-1-3-5-20;;/h1-7,14,19,22H,8-13,15H2,(H,23,25);2*1H. The zero-order valence-corrected chi connectivity index (χ0v) is 17.0. The van der Waals surface area contributed by atoms with Crippen LogP contribution in [0, 0.1) is 0 Å². The first-order valence-corrected chi connectivity index (χ1v) is 9.23. The third-order valence-corrected chi connectivity index (χ3v) is 5.26. The van der Waals surface area contributed by atoms with Gasteiger partial charge in [-0.15, -0.1) is 24.8 Å². The Hall–Kier alpha value is -1.75. The van der Waals surface area contributed by atoms with Crippen molar-refractivity contribution in [2.24, 2.45) is 0 Å². The van der Waals surface area contributed by atoms with Crippen LogP contribution in [0.15, 0.2) is 48.5 Å². The predicted molar refractivity (Wildman–Crippen MR) is 116 cm³/mol. The van der Waals surface area contributed by atoms with Crippen LogP contribution < -0.4 is 15.5 Å². The van der Waals surface area contributed by atoms with E-state index in [1.807, 2.05) is 12.1 Å². The van der Waals surface area contributed by atoms with E-state index in [2.05, 4.69) is 51.9 Å². The van der Waals surface area contributed by atoms with Gasteiger partial charge in [-0.3, -0.25) is 4.79 Å². The number of benzene rings is 2. The molecule has 2 aromatic rings. The van der Waals surface area contributed by atoms with Gasteiger partial charge in [0.2, 0.25) is 0 Å². The molecule has 0 bridgehead atoms. The van der Waals surface area contributed by atoms with Crippen molar-refractivity contribution in [3.63, 3.8) is 0 Å². The van der Waals surface area contributed by atoms with Gasteiger partial charge in [-0.05, 0) is 67.7 Å². The highest BCUT2D eigenvalue weighted by Crippen LogP contribution is 2.20. The second-order valence-electron chi connectivity index (χ2n) is 6.97. The van der Waals surface area contributed by atoms with Crippen molar-refractivity contribution in [3.8, 4) is 0 Å². The first kappa shape index (κ1) is 21.5. The van der Waals surface area contributed by atoms with Crippen LogP contribution in [0.3, 0.4) is 0 Å². The number of fused-ring (bicyclic) bond motifs is 1. The third kappa shape index (κ3) is 5.16. The highest BCUT2D eigenvalue weighted by atomic mass is 35.5. The van der Waals surface area contributed by atoms with E-state index in [1.54, 1.807) is 0 Å². The van der Waals surface area contributed by atoms with Gasteiger partial charge in [0.25, 0.3) is 5.91 Å². The average molecular weight is 408 g/mol. The van der Waals surface area contributed by atoms with Gasteiger partial charge in [0, 0.05) is 30.4 Å². The molecule has 2 aliphatic rings. The SMILES string of the molecule is Cl.Cl.O=C(NC1CCN(c2ccccc2)C1)c1ccc2c(c1)CCNCC2. The summed E-state index contributed by atoms with van der Waals surface area (Å²) in [6.45, 7) is 3.89. The van der Waals surface area contributed by atoms with E-state index < -0.39 is 0 Å². The van der Waals surface area contributed by atoms with Gasteiger partial charge in [-0.1, -0.05) is 24.3 Å². The van der Waals surface area contributed by atoms with Gasteiger partial charge < -0.3 is 15.5 Å². The Morgan fingerprint density at radius 2 is 1.74 bits per heavy atom. The zero-order valence-electron chi connectivity index (χ0n) is 15.3. The van der Waals surface area contributed by atoms with E-state index in [0.29, 0.717) is 0 Å². The summed E-state index contributed by atoms with van der Waals surface area (Å²) < 4.78 is 0. The molecule has 2 heterocycles. The van der Waals surface area contributed by atoms with Crippen LogP contribution in [0.25, 0.3) is 0 Å². The Morgan fingerprint density at radius 3 is 2.52 bits per heavy atom. The number of anilines is 1. The number of para-hydroxylation sites is 1. The molecule has 2 aliphatic heterocycles. The minimum atomic E-state index is 0. The minimum absolute atomic E-state index is 0. The summed E-state index contributed by atoms with van der Waals surface area (Å²) in [7, 11) is 0. The molecule has 1 unspecified atom stereocenters. The molecule has 146 valence electrons. The molecular formula is C21H27Cl2N3O. The fourth-order valence-corrected chi connectivity index (χ4v) is 3.84. The largest absolute Gasteiger partial charge is 0.369 e. The Balaban J connectivity index is 0.00000131. The van der Waals surface area contributed by atoms with E-state index in [-0.39, 0.29) is 36.8 Å². The van der Waals surface area contributed by atoms with Crippen LogP contribution in [0.4, 0.5) is 5.69 Å². The van der Waals surface area contributed by atoms with Crippen molar-refractivity contribution in [2.45, 2.75) is 25.3 Å². The van der Waals surface area contributed by atoms with Gasteiger partial charge in [0.1, 0.15) is 0 Å². The lowest BCUT2D eigenvalue weighted by Crippen LogP contribution is -2.37. The fraction of sp³-hybridized carbons (Fsp3) is 0.381. The Labute approximate surface area is 173 Å². The lowest BCUT2D eigenvalue weighted by Gasteiger charge is -2.19. The highest BCUT2D eigenvalue weighted by Gasteiger charge is 2.24. The van der Waals surface area contributed by atoms with Crippen molar-refractivity contribution in [3.05, 3.63) is 65.2 Å². The molecule has 1 atom stereocenters. The molecule has 4 rings (SSSR count). The smallest absolute Gasteiger partial charge is 0.251 e. The lowest BCUT2D eigenvalue weighted by atomic mass is 9.99. The average Bonchev–Trinajstić information content (AvgIpc) is 2.98. The Morgan fingerprint density at radius 1 is 1.00 bits per heavy atom. The summed E-state index contributed by atoms with van der Waals surface area (Å²) in [5, 5.41) is 6.64. The summed E-state index contributed by atoms with van der Waals surface area (Å²) in [4.78, 5) is 15.0. The number of nitrogens with one attached hydrogen (secondary N) is 2. The maximum absolute atomic E-state index is 12.7. The first-order valence-electron chi connectivity index (χ1n) is 9.23. The van der Waals surface area contributed by atoms with Crippen LogP contribution in [0.5, 0.6) is 0 Å². The van der Waals surface area contributed by atoms with Crippen LogP contribution in [-0.4, -0.2) is 38.1 Å². The van der Waals surface area contributed by atoms with E-state index in [4.69, 9.17) is 0 Å². The molecule has 1 fully saturated rings. The van der Waals surface area contributed by atoms with Crippen LogP contribution in [-0.2, 0) is 12.8 Å². The van der Waals surface area contributed by atoms with Gasteiger partial charge in [0.15, 0.2) is 0 Å². The summed E-state index contributed by atoms with van der Waals surface area (Å²) >= 11 is 0. The number of rotatable bonds is 3. The maximum atomic E-state index is 12.7. The molecule has 4 nitrogen and oxygen atoms in total. The fourth-order valence-electron chi connectivity index (χ4n) is 3.84. The molecule has 2 aromatic carbocycles. The van der Waals surface area contributed by atoms with Gasteiger partial charge in [0.05, 0.1) is 0 Å². The van der Waals surface area contributed by atoms with Crippen molar-refractivity contribution in [2.75, 3.05) is 31.1 Å². The predicted octanol–water partition coefficient (Wildman–Crippen LogP) is 3.23. The number of nitrogens with zero attached hydrogens (tertiary/aromatic N) is 1. The van der Waals surface area contributed by atoms with Crippen LogP contribution in [0.2, 0.25) is 0 Å². The molecule has 0 spiro atoms. The molecule has 0 saturated carbocycles. The number of carbonyl (C=O) groups excluding carboxylic acids is 1. The van der Waals surface area contributed by atoms with E-state index in [9.17, 15) is 4.79 Å². The molecule has 0 radical (unpaired) electrons.